The molecule has 0 radical (unpaired) electrons. The molecule has 4 aromatic rings. The smallest absolute Gasteiger partial charge is 0.147 e. The first-order valence-electron chi connectivity index (χ1n) is 13.2. The first kappa shape index (κ1) is 28.7. The van der Waals surface area contributed by atoms with Gasteiger partial charge in [-0.15, -0.1) is 24.8 Å². The molecular formula is C35H33Cl2Zr. The summed E-state index contributed by atoms with van der Waals surface area (Å²) < 4.78 is 3.26. The van der Waals surface area contributed by atoms with E-state index in [1.54, 1.807) is 28.8 Å². The van der Waals surface area contributed by atoms with Crippen LogP contribution in [-0.2, 0) is 29.2 Å². The number of fused-ring (bicyclic) bond motifs is 3. The Morgan fingerprint density at radius 2 is 1.26 bits per heavy atom. The Labute approximate surface area is 250 Å². The van der Waals surface area contributed by atoms with Crippen molar-refractivity contribution in [1.82, 2.24) is 0 Å². The second-order valence-electron chi connectivity index (χ2n) is 9.68. The summed E-state index contributed by atoms with van der Waals surface area (Å²) >= 11 is -1.17. The van der Waals surface area contributed by atoms with Crippen LogP contribution in [0.3, 0.4) is 0 Å². The van der Waals surface area contributed by atoms with E-state index in [2.05, 4.69) is 117 Å². The van der Waals surface area contributed by atoms with Gasteiger partial charge in [0.25, 0.3) is 0 Å². The van der Waals surface area contributed by atoms with E-state index in [0.29, 0.717) is 0 Å². The molecule has 0 aliphatic heterocycles. The van der Waals surface area contributed by atoms with Crippen LogP contribution in [0.4, 0.5) is 0 Å². The molecule has 38 heavy (non-hydrogen) atoms. The number of halogens is 2. The number of allylic oxidation sites excluding steroid dienone is 4. The van der Waals surface area contributed by atoms with Gasteiger partial charge in [0.15, 0.2) is 0 Å². The van der Waals surface area contributed by atoms with Gasteiger partial charge in [0, 0.05) is 0 Å². The van der Waals surface area contributed by atoms with Gasteiger partial charge in [0.2, 0.25) is 0 Å². The number of hydrogen-bond acceptors (Lipinski definition) is 0. The van der Waals surface area contributed by atoms with Gasteiger partial charge in [-0.25, -0.2) is 0 Å². The quantitative estimate of drug-likeness (QED) is 0.179. The monoisotopic (exact) mass is 613 g/mol. The van der Waals surface area contributed by atoms with E-state index in [4.69, 9.17) is 0 Å². The molecule has 3 heteroatoms. The number of benzene rings is 4. The molecule has 0 aromatic heterocycles. The molecule has 0 amide bonds. The fourth-order valence-electron chi connectivity index (χ4n) is 5.99. The normalized spacial score (nSPS) is 13.1. The Morgan fingerprint density at radius 3 is 1.89 bits per heavy atom. The van der Waals surface area contributed by atoms with E-state index in [0.717, 1.165) is 25.7 Å². The van der Waals surface area contributed by atoms with E-state index in [1.807, 2.05) is 0 Å². The largest absolute Gasteiger partial charge is 0.147 e. The molecule has 0 spiro atoms. The average Bonchev–Trinajstić information content (AvgIpc) is 3.53. The summed E-state index contributed by atoms with van der Waals surface area (Å²) in [4.78, 5) is 0. The predicted octanol–water partition coefficient (Wildman–Crippen LogP) is 8.98. The van der Waals surface area contributed by atoms with Gasteiger partial charge in [-0.05, 0) is 0 Å². The van der Waals surface area contributed by atoms with E-state index >= 15 is 0 Å². The Bertz CT molecular complexity index is 1490. The van der Waals surface area contributed by atoms with E-state index in [9.17, 15) is 0 Å². The van der Waals surface area contributed by atoms with Crippen LogP contribution in [0, 0.1) is 0 Å². The fraction of sp³-hybridized carbons (Fsp3) is 0.171. The van der Waals surface area contributed by atoms with Gasteiger partial charge in [0.1, 0.15) is 0 Å². The van der Waals surface area contributed by atoms with Crippen LogP contribution in [-0.4, -0.2) is 3.21 Å². The minimum absolute atomic E-state index is 0. The Hall–Kier alpha value is -2.31. The first-order valence-corrected chi connectivity index (χ1v) is 15.6. The van der Waals surface area contributed by atoms with Crippen molar-refractivity contribution in [3.05, 3.63) is 142 Å². The van der Waals surface area contributed by atoms with Crippen molar-refractivity contribution in [3.63, 3.8) is 0 Å². The second kappa shape index (κ2) is 12.7. The summed E-state index contributed by atoms with van der Waals surface area (Å²) in [6.07, 6.45) is 6.88. The maximum atomic E-state index is 2.49. The summed E-state index contributed by atoms with van der Waals surface area (Å²) in [5, 5.41) is 0. The van der Waals surface area contributed by atoms with Crippen molar-refractivity contribution < 1.29 is 22.8 Å². The standard InChI is InChI=1S/C22H21.C13H10.2ClH.Zr/c1-3-15-9-11-21(19(15)4-2)17-10-12-22-18(14-17)13-16-7-5-6-8-20(16)22;1-3-7-12(8-4-1)11-13-9-5-2-6-10-13;;;/h5-10,12H,3-4,11,13H2,1-2H3;1-10H;2*1H;. The van der Waals surface area contributed by atoms with E-state index in [-0.39, 0.29) is 24.8 Å². The summed E-state index contributed by atoms with van der Waals surface area (Å²) in [6, 6.07) is 36.2. The van der Waals surface area contributed by atoms with Crippen molar-refractivity contribution in [1.29, 1.82) is 0 Å². The van der Waals surface area contributed by atoms with Crippen LogP contribution in [0.1, 0.15) is 60.9 Å². The van der Waals surface area contributed by atoms with Gasteiger partial charge in [-0.1, -0.05) is 0 Å². The molecule has 191 valence electrons. The molecule has 0 N–H and O–H groups in total. The van der Waals surface area contributed by atoms with Crippen LogP contribution in [0.15, 0.2) is 114 Å². The van der Waals surface area contributed by atoms with Crippen LogP contribution >= 0.6 is 24.8 Å². The minimum Gasteiger partial charge on any atom is -0.147 e. The van der Waals surface area contributed by atoms with Gasteiger partial charge in [0.05, 0.1) is 0 Å². The zero-order chi connectivity index (χ0) is 24.5. The molecule has 0 saturated heterocycles. The molecular weight excluding hydrogens is 583 g/mol. The summed E-state index contributed by atoms with van der Waals surface area (Å²) in [5.41, 5.74) is 15.0. The van der Waals surface area contributed by atoms with Crippen LogP contribution < -0.4 is 3.27 Å². The SMILES string of the molecule is CCC1=CCC(c2ccc3c([c]2[Zr]=[C](c2ccccc2)c2ccccc2)Cc2ccccc2-3)=C1CC.Cl.Cl. The molecule has 0 bridgehead atoms. The fourth-order valence-corrected chi connectivity index (χ4v) is 9.96. The van der Waals surface area contributed by atoms with E-state index in [1.165, 1.54) is 33.4 Å². The third kappa shape index (κ3) is 5.27. The second-order valence-corrected chi connectivity index (χ2v) is 12.8. The van der Waals surface area contributed by atoms with Crippen LogP contribution in [0.25, 0.3) is 16.7 Å². The predicted molar refractivity (Wildman–Crippen MR) is 165 cm³/mol. The minimum atomic E-state index is -1.17. The summed E-state index contributed by atoms with van der Waals surface area (Å²) in [7, 11) is 0. The molecule has 0 atom stereocenters. The molecule has 0 saturated carbocycles. The topological polar surface area (TPSA) is 0 Å². The maximum Gasteiger partial charge on any atom is -0.147 e. The van der Waals surface area contributed by atoms with Crippen LogP contribution in [0.5, 0.6) is 0 Å². The van der Waals surface area contributed by atoms with Crippen molar-refractivity contribution in [3.8, 4) is 11.1 Å². The molecule has 2 aliphatic rings. The Balaban J connectivity index is 0.00000168. The Morgan fingerprint density at radius 1 is 0.658 bits per heavy atom. The van der Waals surface area contributed by atoms with Gasteiger partial charge in [-0.3, -0.25) is 0 Å². The molecule has 6 rings (SSSR count). The molecule has 0 fully saturated rings. The van der Waals surface area contributed by atoms with Gasteiger partial charge < -0.3 is 0 Å². The van der Waals surface area contributed by atoms with Crippen LogP contribution in [0.2, 0.25) is 0 Å². The molecule has 0 nitrogen and oxygen atoms in total. The Kier molecular flexibility index (Phi) is 9.59. The maximum absolute atomic E-state index is 2.49. The third-order valence-corrected chi connectivity index (χ3v) is 11.8. The zero-order valence-corrected chi connectivity index (χ0v) is 26.1. The number of rotatable bonds is 6. The zero-order valence-electron chi connectivity index (χ0n) is 22.0. The van der Waals surface area contributed by atoms with Crippen molar-refractivity contribution in [2.75, 3.05) is 0 Å². The summed E-state index contributed by atoms with van der Waals surface area (Å²) in [6.45, 7) is 4.64. The van der Waals surface area contributed by atoms with Crippen molar-refractivity contribution >= 4 is 36.9 Å². The summed E-state index contributed by atoms with van der Waals surface area (Å²) in [5.74, 6) is 0. The third-order valence-electron chi connectivity index (χ3n) is 7.73. The van der Waals surface area contributed by atoms with Crippen molar-refractivity contribution in [2.24, 2.45) is 0 Å². The molecule has 2 aliphatic carbocycles. The first-order chi connectivity index (χ1) is 17.8. The average molecular weight is 616 g/mol. The van der Waals surface area contributed by atoms with E-state index < -0.39 is 22.8 Å². The van der Waals surface area contributed by atoms with Gasteiger partial charge >= 0.3 is 228 Å². The molecule has 4 aromatic carbocycles. The number of hydrogen-bond donors (Lipinski definition) is 0. The van der Waals surface area contributed by atoms with Crippen molar-refractivity contribution in [2.45, 2.75) is 39.5 Å². The van der Waals surface area contributed by atoms with Gasteiger partial charge in [-0.2, -0.15) is 0 Å². The molecule has 0 unspecified atom stereocenters. The molecule has 0 heterocycles.